The molecule has 1 unspecified atom stereocenters. The zero-order valence-electron chi connectivity index (χ0n) is 9.37. The first-order chi connectivity index (χ1) is 8.19. The van der Waals surface area contributed by atoms with Crippen LogP contribution in [0.4, 0.5) is 4.79 Å². The number of benzene rings is 1. The highest BCUT2D eigenvalue weighted by Gasteiger charge is 2.27. The predicted molar refractivity (Wildman–Crippen MR) is 61.0 cm³/mol. The van der Waals surface area contributed by atoms with Crippen molar-refractivity contribution in [1.82, 2.24) is 4.90 Å². The number of aliphatic hydroxyl groups excluding tert-OH is 1. The molecule has 17 heavy (non-hydrogen) atoms. The molecule has 2 N–H and O–H groups in total. The lowest BCUT2D eigenvalue weighted by molar-refractivity contribution is 0.145. The summed E-state index contributed by atoms with van der Waals surface area (Å²) in [7, 11) is 0. The van der Waals surface area contributed by atoms with E-state index in [4.69, 9.17) is 14.9 Å². The molecule has 0 spiro atoms. The lowest BCUT2D eigenvalue weighted by Gasteiger charge is -2.14. The second kappa shape index (κ2) is 5.05. The molecule has 1 fully saturated rings. The minimum atomic E-state index is -0.903. The standard InChI is InChI=1S/C12H15NO4/c14-8-9-2-1-3-10(6-9)17-11-4-5-13(7-11)12(15)16/h1-3,6,11,14H,4-5,7-8H2,(H,15,16). The molecule has 1 heterocycles. The van der Waals surface area contributed by atoms with Gasteiger partial charge in [0, 0.05) is 13.0 Å². The number of likely N-dealkylation sites (tertiary alicyclic amines) is 1. The normalized spacial score (nSPS) is 19.4. The molecule has 5 heteroatoms. The number of hydrogen-bond acceptors (Lipinski definition) is 3. The van der Waals surface area contributed by atoms with Gasteiger partial charge in [-0.05, 0) is 17.7 Å². The Balaban J connectivity index is 1.95. The van der Waals surface area contributed by atoms with Crippen LogP contribution in [0.3, 0.4) is 0 Å². The van der Waals surface area contributed by atoms with Gasteiger partial charge in [-0.3, -0.25) is 0 Å². The molecule has 0 bridgehead atoms. The number of ether oxygens (including phenoxy) is 1. The summed E-state index contributed by atoms with van der Waals surface area (Å²) in [6.45, 7) is 0.890. The van der Waals surface area contributed by atoms with E-state index in [1.807, 2.05) is 18.2 Å². The average molecular weight is 237 g/mol. The van der Waals surface area contributed by atoms with Crippen LogP contribution < -0.4 is 4.74 Å². The molecule has 0 aromatic heterocycles. The van der Waals surface area contributed by atoms with Gasteiger partial charge in [0.15, 0.2) is 0 Å². The first-order valence-corrected chi connectivity index (χ1v) is 5.53. The van der Waals surface area contributed by atoms with E-state index >= 15 is 0 Å². The van der Waals surface area contributed by atoms with Crippen LogP contribution in [-0.2, 0) is 6.61 Å². The van der Waals surface area contributed by atoms with E-state index in [0.29, 0.717) is 25.3 Å². The fourth-order valence-electron chi connectivity index (χ4n) is 1.91. The SMILES string of the molecule is O=C(O)N1CCC(Oc2cccc(CO)c2)C1. The molecular weight excluding hydrogens is 222 g/mol. The third-order valence-electron chi connectivity index (χ3n) is 2.80. The van der Waals surface area contributed by atoms with Crippen molar-refractivity contribution >= 4 is 6.09 Å². The Morgan fingerprint density at radius 3 is 3.00 bits per heavy atom. The largest absolute Gasteiger partial charge is 0.489 e. The third-order valence-corrected chi connectivity index (χ3v) is 2.80. The third kappa shape index (κ3) is 2.88. The number of aliphatic hydroxyl groups is 1. The molecule has 0 aliphatic carbocycles. The molecule has 2 rings (SSSR count). The van der Waals surface area contributed by atoms with E-state index in [0.717, 1.165) is 5.56 Å². The minimum absolute atomic E-state index is 0.0247. The first kappa shape index (κ1) is 11.7. The Hall–Kier alpha value is -1.75. The molecule has 5 nitrogen and oxygen atoms in total. The summed E-state index contributed by atoms with van der Waals surface area (Å²) in [5, 5.41) is 17.8. The van der Waals surface area contributed by atoms with Gasteiger partial charge >= 0.3 is 6.09 Å². The van der Waals surface area contributed by atoms with Crippen LogP contribution in [0.1, 0.15) is 12.0 Å². The summed E-state index contributed by atoms with van der Waals surface area (Å²) in [6, 6.07) is 7.20. The molecule has 1 atom stereocenters. The van der Waals surface area contributed by atoms with Crippen LogP contribution in [0.25, 0.3) is 0 Å². The van der Waals surface area contributed by atoms with Crippen LogP contribution in [0, 0.1) is 0 Å². The van der Waals surface area contributed by atoms with Crippen LogP contribution in [0.15, 0.2) is 24.3 Å². The van der Waals surface area contributed by atoms with Crippen LogP contribution in [-0.4, -0.2) is 40.4 Å². The Morgan fingerprint density at radius 2 is 2.35 bits per heavy atom. The highest BCUT2D eigenvalue weighted by Crippen LogP contribution is 2.19. The number of carbonyl (C=O) groups is 1. The molecular formula is C12H15NO4. The maximum Gasteiger partial charge on any atom is 0.407 e. The van der Waals surface area contributed by atoms with Gasteiger partial charge in [0.2, 0.25) is 0 Å². The van der Waals surface area contributed by atoms with Crippen molar-refractivity contribution in [2.75, 3.05) is 13.1 Å². The van der Waals surface area contributed by atoms with Gasteiger partial charge in [0.25, 0.3) is 0 Å². The van der Waals surface area contributed by atoms with Crippen molar-refractivity contribution in [1.29, 1.82) is 0 Å². The summed E-state index contributed by atoms with van der Waals surface area (Å²) >= 11 is 0. The monoisotopic (exact) mass is 237 g/mol. The highest BCUT2D eigenvalue weighted by molar-refractivity contribution is 5.65. The second-order valence-corrected chi connectivity index (χ2v) is 4.06. The van der Waals surface area contributed by atoms with Crippen molar-refractivity contribution in [3.63, 3.8) is 0 Å². The molecule has 1 aromatic rings. The van der Waals surface area contributed by atoms with Crippen LogP contribution in [0.5, 0.6) is 5.75 Å². The van der Waals surface area contributed by atoms with Gasteiger partial charge in [-0.1, -0.05) is 12.1 Å². The zero-order chi connectivity index (χ0) is 12.3. The molecule has 1 aliphatic heterocycles. The van der Waals surface area contributed by atoms with Gasteiger partial charge in [-0.25, -0.2) is 4.79 Å². The maximum absolute atomic E-state index is 10.7. The van der Waals surface area contributed by atoms with Gasteiger partial charge in [0.05, 0.1) is 13.2 Å². The smallest absolute Gasteiger partial charge is 0.407 e. The van der Waals surface area contributed by atoms with Crippen molar-refractivity contribution in [3.05, 3.63) is 29.8 Å². The average Bonchev–Trinajstić information content (AvgIpc) is 2.78. The van der Waals surface area contributed by atoms with E-state index in [1.165, 1.54) is 4.90 Å². The number of amides is 1. The maximum atomic E-state index is 10.7. The Morgan fingerprint density at radius 1 is 1.53 bits per heavy atom. The summed E-state index contributed by atoms with van der Waals surface area (Å²) in [6.07, 6.45) is -0.296. The zero-order valence-corrected chi connectivity index (χ0v) is 9.37. The number of nitrogens with zero attached hydrogens (tertiary/aromatic N) is 1. The summed E-state index contributed by atoms with van der Waals surface area (Å²) in [5.41, 5.74) is 0.788. The van der Waals surface area contributed by atoms with E-state index in [-0.39, 0.29) is 12.7 Å². The Labute approximate surface area is 99.2 Å². The molecule has 1 aromatic carbocycles. The summed E-state index contributed by atoms with van der Waals surface area (Å²) in [4.78, 5) is 12.1. The highest BCUT2D eigenvalue weighted by atomic mass is 16.5. The molecule has 1 amide bonds. The lowest BCUT2D eigenvalue weighted by atomic mass is 10.2. The Bertz CT molecular complexity index is 407. The van der Waals surface area contributed by atoms with Gasteiger partial charge < -0.3 is 19.8 Å². The van der Waals surface area contributed by atoms with Gasteiger partial charge in [-0.15, -0.1) is 0 Å². The number of hydrogen-bond donors (Lipinski definition) is 2. The van der Waals surface area contributed by atoms with Crippen molar-refractivity contribution in [3.8, 4) is 5.75 Å². The fourth-order valence-corrected chi connectivity index (χ4v) is 1.91. The quantitative estimate of drug-likeness (QED) is 0.831. The van der Waals surface area contributed by atoms with E-state index < -0.39 is 6.09 Å². The van der Waals surface area contributed by atoms with E-state index in [1.54, 1.807) is 6.07 Å². The van der Waals surface area contributed by atoms with Crippen LogP contribution >= 0.6 is 0 Å². The van der Waals surface area contributed by atoms with Gasteiger partial charge in [-0.2, -0.15) is 0 Å². The second-order valence-electron chi connectivity index (χ2n) is 4.06. The topological polar surface area (TPSA) is 70.0 Å². The minimum Gasteiger partial charge on any atom is -0.489 e. The fraction of sp³-hybridized carbons (Fsp3) is 0.417. The molecule has 0 radical (unpaired) electrons. The molecule has 1 saturated heterocycles. The van der Waals surface area contributed by atoms with Crippen molar-refractivity contribution < 1.29 is 19.7 Å². The van der Waals surface area contributed by atoms with Crippen molar-refractivity contribution in [2.45, 2.75) is 19.1 Å². The van der Waals surface area contributed by atoms with Gasteiger partial charge in [0.1, 0.15) is 11.9 Å². The molecule has 92 valence electrons. The van der Waals surface area contributed by atoms with E-state index in [2.05, 4.69) is 0 Å². The van der Waals surface area contributed by atoms with Crippen molar-refractivity contribution in [2.24, 2.45) is 0 Å². The summed E-state index contributed by atoms with van der Waals surface area (Å²) < 4.78 is 5.68. The first-order valence-electron chi connectivity index (χ1n) is 5.53. The lowest BCUT2D eigenvalue weighted by Crippen LogP contribution is -2.29. The number of carboxylic acid groups (broad SMARTS) is 1. The van der Waals surface area contributed by atoms with Crippen LogP contribution in [0.2, 0.25) is 0 Å². The number of rotatable bonds is 3. The van der Waals surface area contributed by atoms with E-state index in [9.17, 15) is 4.79 Å². The Kier molecular flexibility index (Phi) is 3.49. The molecule has 0 saturated carbocycles. The summed E-state index contributed by atoms with van der Waals surface area (Å²) in [5.74, 6) is 0.675. The predicted octanol–water partition coefficient (Wildman–Crippen LogP) is 1.31. The molecule has 1 aliphatic rings.